The summed E-state index contributed by atoms with van der Waals surface area (Å²) in [6, 6.07) is 11.3. The van der Waals surface area contributed by atoms with Crippen molar-refractivity contribution in [1.82, 2.24) is 0 Å². The molecule has 2 aromatic rings. The molecule has 2 aromatic carbocycles. The van der Waals surface area contributed by atoms with Crippen molar-refractivity contribution in [2.45, 2.75) is 18.3 Å². The average Bonchev–Trinajstić information content (AvgIpc) is 2.66. The summed E-state index contributed by atoms with van der Waals surface area (Å²) >= 11 is 0. The van der Waals surface area contributed by atoms with E-state index in [0.717, 1.165) is 0 Å². The lowest BCUT2D eigenvalue weighted by Crippen LogP contribution is -2.26. The summed E-state index contributed by atoms with van der Waals surface area (Å²) in [7, 11) is -2.87. The molecule has 0 amide bonds. The molecule has 150 valence electrons. The molecule has 0 unspecified atom stereocenters. The van der Waals surface area contributed by atoms with Gasteiger partial charge in [0.1, 0.15) is 11.5 Å². The highest BCUT2D eigenvalue weighted by atomic mass is 32.2. The molecule has 0 bridgehead atoms. The Hall–Kier alpha value is -2.68. The van der Waals surface area contributed by atoms with Gasteiger partial charge in [-0.25, -0.2) is 0 Å². The van der Waals surface area contributed by atoms with E-state index in [1.54, 1.807) is 36.4 Å². The van der Waals surface area contributed by atoms with Crippen molar-refractivity contribution in [1.29, 1.82) is 0 Å². The average molecular weight is 414 g/mol. The van der Waals surface area contributed by atoms with Gasteiger partial charge in [-0.2, -0.15) is 21.6 Å². The lowest BCUT2D eigenvalue weighted by molar-refractivity contribution is -0.0509. The third kappa shape index (κ3) is 3.80. The van der Waals surface area contributed by atoms with Crippen LogP contribution in [0.15, 0.2) is 42.5 Å². The fraction of sp³-hybridized carbons (Fsp3) is 0.263. The minimum atomic E-state index is -5.82. The van der Waals surface area contributed by atoms with E-state index in [2.05, 4.69) is 4.18 Å². The van der Waals surface area contributed by atoms with Crippen LogP contribution in [0.5, 0.6) is 11.5 Å². The summed E-state index contributed by atoms with van der Waals surface area (Å²) in [5.74, 6) is 0.756. The van der Waals surface area contributed by atoms with Gasteiger partial charge in [-0.1, -0.05) is 12.1 Å². The lowest BCUT2D eigenvalue weighted by Gasteiger charge is -2.24. The molecule has 28 heavy (non-hydrogen) atoms. The Balaban J connectivity index is 2.17. The van der Waals surface area contributed by atoms with Crippen molar-refractivity contribution in [3.63, 3.8) is 0 Å². The zero-order valence-electron chi connectivity index (χ0n) is 15.0. The van der Waals surface area contributed by atoms with Crippen LogP contribution in [0.1, 0.15) is 23.1 Å². The molecule has 0 spiro atoms. The van der Waals surface area contributed by atoms with Crippen molar-refractivity contribution >= 4 is 21.5 Å². The smallest absolute Gasteiger partial charge is 0.497 e. The highest BCUT2D eigenvalue weighted by Gasteiger charge is 2.49. The van der Waals surface area contributed by atoms with Crippen LogP contribution in [-0.4, -0.2) is 28.1 Å². The van der Waals surface area contributed by atoms with Crippen molar-refractivity contribution in [2.75, 3.05) is 14.2 Å². The molecule has 1 aliphatic carbocycles. The highest BCUT2D eigenvalue weighted by Crippen LogP contribution is 2.41. The molecule has 0 radical (unpaired) electrons. The van der Waals surface area contributed by atoms with Gasteiger partial charge in [0, 0.05) is 11.1 Å². The predicted molar refractivity (Wildman–Crippen MR) is 97.2 cm³/mol. The number of allylic oxidation sites excluding steroid dienone is 1. The van der Waals surface area contributed by atoms with Gasteiger partial charge in [0.2, 0.25) is 0 Å². The molecular formula is C19H17F3O5S. The van der Waals surface area contributed by atoms with Gasteiger partial charge in [-0.05, 0) is 54.3 Å². The summed E-state index contributed by atoms with van der Waals surface area (Å²) in [5, 5.41) is 0. The van der Waals surface area contributed by atoms with Crippen molar-refractivity contribution in [3.8, 4) is 11.5 Å². The maximum absolute atomic E-state index is 12.9. The van der Waals surface area contributed by atoms with Crippen LogP contribution >= 0.6 is 0 Å². The van der Waals surface area contributed by atoms with Crippen LogP contribution in [-0.2, 0) is 20.7 Å². The zero-order chi connectivity index (χ0) is 20.5. The molecule has 0 N–H and O–H groups in total. The molecule has 0 saturated carbocycles. The number of hydrogen-bond acceptors (Lipinski definition) is 5. The third-order valence-corrected chi connectivity index (χ3v) is 5.34. The van der Waals surface area contributed by atoms with E-state index in [0.29, 0.717) is 41.0 Å². The van der Waals surface area contributed by atoms with Gasteiger partial charge in [-0.3, -0.25) is 0 Å². The van der Waals surface area contributed by atoms with E-state index in [9.17, 15) is 21.6 Å². The van der Waals surface area contributed by atoms with E-state index >= 15 is 0 Å². The second-order valence-corrected chi connectivity index (χ2v) is 7.58. The van der Waals surface area contributed by atoms with Crippen molar-refractivity contribution in [3.05, 3.63) is 59.2 Å². The van der Waals surface area contributed by atoms with Gasteiger partial charge in [0.05, 0.1) is 14.2 Å². The van der Waals surface area contributed by atoms with E-state index in [4.69, 9.17) is 9.47 Å². The minimum Gasteiger partial charge on any atom is -0.497 e. The fourth-order valence-electron chi connectivity index (χ4n) is 2.98. The first-order valence-electron chi connectivity index (χ1n) is 8.22. The molecule has 9 heteroatoms. The zero-order valence-corrected chi connectivity index (χ0v) is 15.9. The van der Waals surface area contributed by atoms with Gasteiger partial charge in [-0.15, -0.1) is 0 Å². The first-order chi connectivity index (χ1) is 13.2. The molecule has 3 rings (SSSR count). The summed E-state index contributed by atoms with van der Waals surface area (Å²) in [6.07, 6.45) is 0.794. The second kappa shape index (κ2) is 7.38. The van der Waals surface area contributed by atoms with Crippen LogP contribution < -0.4 is 9.47 Å². The van der Waals surface area contributed by atoms with Gasteiger partial charge in [0.15, 0.2) is 5.76 Å². The van der Waals surface area contributed by atoms with Crippen molar-refractivity contribution in [2.24, 2.45) is 0 Å². The number of rotatable bonds is 5. The number of hydrogen-bond donors (Lipinski definition) is 0. The molecule has 0 aromatic heterocycles. The Morgan fingerprint density at radius 1 is 0.893 bits per heavy atom. The van der Waals surface area contributed by atoms with E-state index in [1.165, 1.54) is 20.3 Å². The molecule has 0 saturated heterocycles. The number of alkyl halides is 3. The monoisotopic (exact) mass is 414 g/mol. The van der Waals surface area contributed by atoms with E-state index < -0.39 is 15.6 Å². The minimum absolute atomic E-state index is 0.283. The summed E-state index contributed by atoms with van der Waals surface area (Å²) < 4.78 is 77.1. The van der Waals surface area contributed by atoms with Crippen LogP contribution in [0.4, 0.5) is 13.2 Å². The molecule has 5 nitrogen and oxygen atoms in total. The van der Waals surface area contributed by atoms with Crippen LogP contribution in [0.25, 0.3) is 11.3 Å². The van der Waals surface area contributed by atoms with Gasteiger partial charge >= 0.3 is 15.6 Å². The third-order valence-electron chi connectivity index (χ3n) is 4.39. The van der Waals surface area contributed by atoms with E-state index in [-0.39, 0.29) is 11.3 Å². The Labute approximate surface area is 160 Å². The highest BCUT2D eigenvalue weighted by molar-refractivity contribution is 7.87. The standard InChI is InChI=1S/C19H17F3O5S/c1-25-14-6-3-12(4-7-14)16-9-5-13-11-15(26-2)8-10-17(13)18(16)27-28(23,24)19(20,21)22/h3-4,6-8,10-11H,5,9H2,1-2H3. The quantitative estimate of drug-likeness (QED) is 0.537. The summed E-state index contributed by atoms with van der Waals surface area (Å²) in [5.41, 5.74) is -3.69. The largest absolute Gasteiger partial charge is 0.534 e. The van der Waals surface area contributed by atoms with Crippen LogP contribution in [0, 0.1) is 0 Å². The van der Waals surface area contributed by atoms with E-state index in [1.807, 2.05) is 0 Å². The SMILES string of the molecule is COc1ccc(C2=C(OS(=O)(=O)C(F)(F)F)c3ccc(OC)cc3CC2)cc1. The molecular weight excluding hydrogens is 397 g/mol. The topological polar surface area (TPSA) is 61.8 Å². The number of benzene rings is 2. The maximum Gasteiger partial charge on any atom is 0.534 e. The molecule has 0 heterocycles. The van der Waals surface area contributed by atoms with Gasteiger partial charge < -0.3 is 13.7 Å². The predicted octanol–water partition coefficient (Wildman–Crippen LogP) is 4.38. The first-order valence-corrected chi connectivity index (χ1v) is 9.62. The summed E-state index contributed by atoms with van der Waals surface area (Å²) in [6.45, 7) is 0. The first kappa shape index (κ1) is 20.1. The van der Waals surface area contributed by atoms with Gasteiger partial charge in [0.25, 0.3) is 0 Å². The fourth-order valence-corrected chi connectivity index (χ4v) is 3.49. The lowest BCUT2D eigenvalue weighted by atomic mass is 9.87. The Bertz CT molecular complexity index is 1010. The second-order valence-electron chi connectivity index (χ2n) is 6.04. The number of methoxy groups -OCH3 is 2. The van der Waals surface area contributed by atoms with Crippen LogP contribution in [0.2, 0.25) is 0 Å². The molecule has 0 aliphatic heterocycles. The van der Waals surface area contributed by atoms with Crippen molar-refractivity contribution < 1.29 is 35.2 Å². The number of halogens is 3. The van der Waals surface area contributed by atoms with Crippen LogP contribution in [0.3, 0.4) is 0 Å². The molecule has 1 aliphatic rings. The Morgan fingerprint density at radius 3 is 2.07 bits per heavy atom. The summed E-state index contributed by atoms with van der Waals surface area (Å²) in [4.78, 5) is 0. The Kier molecular flexibility index (Phi) is 5.29. The number of aryl methyl sites for hydroxylation is 1. The number of fused-ring (bicyclic) bond motifs is 1. The molecule has 0 atom stereocenters. The maximum atomic E-state index is 12.9. The number of ether oxygens (including phenoxy) is 2. The normalized spacial score (nSPS) is 14.5. The molecule has 0 fully saturated rings. The Morgan fingerprint density at radius 2 is 1.50 bits per heavy atom.